The van der Waals surface area contributed by atoms with Crippen LogP contribution in [-0.4, -0.2) is 27.4 Å². The molecule has 1 fully saturated rings. The standard InChI is InChI=1S/C11H22O2/c1-12-9-11(10-13-2)7-5-3-4-6-8-11/h3-10H2,1-2H3. The minimum atomic E-state index is 0.319. The lowest BCUT2D eigenvalue weighted by molar-refractivity contribution is 0.000140. The largest absolute Gasteiger partial charge is 0.384 e. The summed E-state index contributed by atoms with van der Waals surface area (Å²) in [6, 6.07) is 0. The highest BCUT2D eigenvalue weighted by Crippen LogP contribution is 2.35. The molecule has 0 saturated heterocycles. The van der Waals surface area contributed by atoms with Crippen LogP contribution in [0.15, 0.2) is 0 Å². The number of hydrogen-bond acceptors (Lipinski definition) is 2. The molecule has 0 N–H and O–H groups in total. The molecule has 78 valence electrons. The van der Waals surface area contributed by atoms with Crippen LogP contribution < -0.4 is 0 Å². The summed E-state index contributed by atoms with van der Waals surface area (Å²) in [6.07, 6.45) is 7.99. The molecule has 0 spiro atoms. The van der Waals surface area contributed by atoms with Gasteiger partial charge >= 0.3 is 0 Å². The molecule has 0 atom stereocenters. The SMILES string of the molecule is COCC1(COC)CCCCCC1. The summed E-state index contributed by atoms with van der Waals surface area (Å²) in [5.74, 6) is 0. The van der Waals surface area contributed by atoms with E-state index < -0.39 is 0 Å². The van der Waals surface area contributed by atoms with Gasteiger partial charge in [-0.25, -0.2) is 0 Å². The number of hydrogen-bond donors (Lipinski definition) is 0. The van der Waals surface area contributed by atoms with E-state index in [9.17, 15) is 0 Å². The minimum Gasteiger partial charge on any atom is -0.384 e. The highest BCUT2D eigenvalue weighted by Gasteiger charge is 2.30. The van der Waals surface area contributed by atoms with Gasteiger partial charge in [-0.3, -0.25) is 0 Å². The molecular weight excluding hydrogens is 164 g/mol. The molecule has 1 aliphatic rings. The van der Waals surface area contributed by atoms with Gasteiger partial charge < -0.3 is 9.47 Å². The summed E-state index contributed by atoms with van der Waals surface area (Å²) in [4.78, 5) is 0. The predicted molar refractivity (Wildman–Crippen MR) is 53.9 cm³/mol. The van der Waals surface area contributed by atoms with Gasteiger partial charge in [0.1, 0.15) is 0 Å². The van der Waals surface area contributed by atoms with Crippen LogP contribution in [0.3, 0.4) is 0 Å². The molecule has 0 aromatic rings. The van der Waals surface area contributed by atoms with Gasteiger partial charge in [-0.1, -0.05) is 25.7 Å². The second kappa shape index (κ2) is 5.61. The van der Waals surface area contributed by atoms with Crippen molar-refractivity contribution in [3.05, 3.63) is 0 Å². The van der Waals surface area contributed by atoms with Gasteiger partial charge in [0.05, 0.1) is 13.2 Å². The molecule has 0 heterocycles. The highest BCUT2D eigenvalue weighted by molar-refractivity contribution is 4.81. The summed E-state index contributed by atoms with van der Waals surface area (Å²) in [5, 5.41) is 0. The summed E-state index contributed by atoms with van der Waals surface area (Å²) in [7, 11) is 3.59. The zero-order chi connectivity index (χ0) is 9.57. The number of ether oxygens (including phenoxy) is 2. The monoisotopic (exact) mass is 186 g/mol. The fraction of sp³-hybridized carbons (Fsp3) is 1.00. The zero-order valence-electron chi connectivity index (χ0n) is 8.97. The lowest BCUT2D eigenvalue weighted by Crippen LogP contribution is -2.31. The average molecular weight is 186 g/mol. The summed E-state index contributed by atoms with van der Waals surface area (Å²) in [6.45, 7) is 1.72. The van der Waals surface area contributed by atoms with E-state index in [1.807, 2.05) is 0 Å². The Morgan fingerprint density at radius 1 is 0.846 bits per heavy atom. The van der Waals surface area contributed by atoms with Gasteiger partial charge in [0.25, 0.3) is 0 Å². The fourth-order valence-electron chi connectivity index (χ4n) is 2.42. The maximum absolute atomic E-state index is 5.31. The van der Waals surface area contributed by atoms with Crippen LogP contribution in [0, 0.1) is 5.41 Å². The summed E-state index contributed by atoms with van der Waals surface area (Å²) < 4.78 is 10.6. The first kappa shape index (κ1) is 11.0. The topological polar surface area (TPSA) is 18.5 Å². The van der Waals surface area contributed by atoms with Crippen LogP contribution in [0.2, 0.25) is 0 Å². The molecule has 0 unspecified atom stereocenters. The first-order chi connectivity index (χ1) is 6.33. The van der Waals surface area contributed by atoms with Crippen molar-refractivity contribution in [1.82, 2.24) is 0 Å². The first-order valence-corrected chi connectivity index (χ1v) is 5.31. The van der Waals surface area contributed by atoms with E-state index in [1.165, 1.54) is 38.5 Å². The fourth-order valence-corrected chi connectivity index (χ4v) is 2.42. The third kappa shape index (κ3) is 3.28. The van der Waals surface area contributed by atoms with E-state index in [-0.39, 0.29) is 0 Å². The predicted octanol–water partition coefficient (Wildman–Crippen LogP) is 2.62. The van der Waals surface area contributed by atoms with Gasteiger partial charge in [0.15, 0.2) is 0 Å². The van der Waals surface area contributed by atoms with E-state index in [2.05, 4.69) is 0 Å². The van der Waals surface area contributed by atoms with Crippen molar-refractivity contribution >= 4 is 0 Å². The van der Waals surface area contributed by atoms with Crippen molar-refractivity contribution in [3.8, 4) is 0 Å². The summed E-state index contributed by atoms with van der Waals surface area (Å²) >= 11 is 0. The van der Waals surface area contributed by atoms with Crippen molar-refractivity contribution in [3.63, 3.8) is 0 Å². The minimum absolute atomic E-state index is 0.319. The molecule has 2 heteroatoms. The van der Waals surface area contributed by atoms with E-state index in [0.717, 1.165) is 13.2 Å². The lowest BCUT2D eigenvalue weighted by Gasteiger charge is -2.31. The summed E-state index contributed by atoms with van der Waals surface area (Å²) in [5.41, 5.74) is 0.319. The maximum atomic E-state index is 5.31. The van der Waals surface area contributed by atoms with Gasteiger partial charge in [-0.05, 0) is 12.8 Å². The number of rotatable bonds is 4. The molecule has 0 radical (unpaired) electrons. The van der Waals surface area contributed by atoms with Gasteiger partial charge in [0.2, 0.25) is 0 Å². The van der Waals surface area contributed by atoms with E-state index >= 15 is 0 Å². The Kier molecular flexibility index (Phi) is 4.74. The van der Waals surface area contributed by atoms with Gasteiger partial charge in [0, 0.05) is 19.6 Å². The Hall–Kier alpha value is -0.0800. The van der Waals surface area contributed by atoms with E-state index in [0.29, 0.717) is 5.41 Å². The van der Waals surface area contributed by atoms with Crippen molar-refractivity contribution in [2.24, 2.45) is 5.41 Å². The molecule has 0 amide bonds. The average Bonchev–Trinajstić information content (AvgIpc) is 2.32. The molecule has 0 bridgehead atoms. The van der Waals surface area contributed by atoms with E-state index in [1.54, 1.807) is 14.2 Å². The normalized spacial score (nSPS) is 22.6. The Morgan fingerprint density at radius 2 is 1.31 bits per heavy atom. The molecule has 0 aromatic carbocycles. The zero-order valence-corrected chi connectivity index (χ0v) is 8.97. The molecule has 2 nitrogen and oxygen atoms in total. The maximum Gasteiger partial charge on any atom is 0.0540 e. The van der Waals surface area contributed by atoms with Crippen molar-refractivity contribution in [1.29, 1.82) is 0 Å². The molecule has 0 aliphatic heterocycles. The van der Waals surface area contributed by atoms with Crippen molar-refractivity contribution < 1.29 is 9.47 Å². The molecule has 1 saturated carbocycles. The molecule has 1 aliphatic carbocycles. The Bertz CT molecular complexity index is 118. The Labute approximate surface area is 81.6 Å². The van der Waals surface area contributed by atoms with Gasteiger partial charge in [-0.15, -0.1) is 0 Å². The third-order valence-corrected chi connectivity index (χ3v) is 3.07. The Balaban J connectivity index is 2.50. The van der Waals surface area contributed by atoms with Crippen LogP contribution in [0.4, 0.5) is 0 Å². The van der Waals surface area contributed by atoms with Crippen LogP contribution in [0.25, 0.3) is 0 Å². The van der Waals surface area contributed by atoms with E-state index in [4.69, 9.17) is 9.47 Å². The molecule has 0 aromatic heterocycles. The van der Waals surface area contributed by atoms with Crippen molar-refractivity contribution in [2.45, 2.75) is 38.5 Å². The first-order valence-electron chi connectivity index (χ1n) is 5.31. The molecular formula is C11H22O2. The highest BCUT2D eigenvalue weighted by atomic mass is 16.5. The third-order valence-electron chi connectivity index (χ3n) is 3.07. The van der Waals surface area contributed by atoms with Gasteiger partial charge in [-0.2, -0.15) is 0 Å². The quantitative estimate of drug-likeness (QED) is 0.628. The smallest absolute Gasteiger partial charge is 0.0540 e. The van der Waals surface area contributed by atoms with Crippen molar-refractivity contribution in [2.75, 3.05) is 27.4 Å². The van der Waals surface area contributed by atoms with Crippen LogP contribution in [-0.2, 0) is 9.47 Å². The second-order valence-corrected chi connectivity index (χ2v) is 4.28. The molecule has 13 heavy (non-hydrogen) atoms. The second-order valence-electron chi connectivity index (χ2n) is 4.28. The lowest BCUT2D eigenvalue weighted by atomic mass is 9.82. The Morgan fingerprint density at radius 3 is 1.69 bits per heavy atom. The van der Waals surface area contributed by atoms with Crippen LogP contribution in [0.1, 0.15) is 38.5 Å². The molecule has 1 rings (SSSR count). The van der Waals surface area contributed by atoms with Crippen LogP contribution >= 0.6 is 0 Å². The number of methoxy groups -OCH3 is 2. The van der Waals surface area contributed by atoms with Crippen LogP contribution in [0.5, 0.6) is 0 Å².